The van der Waals surface area contributed by atoms with Gasteiger partial charge in [-0.25, -0.2) is 0 Å². The van der Waals surface area contributed by atoms with Crippen molar-refractivity contribution < 1.29 is 6.15 Å². The van der Waals surface area contributed by atoms with Gasteiger partial charge in [0.25, 0.3) is 0 Å². The fourth-order valence-corrected chi connectivity index (χ4v) is 1.98. The molecule has 0 spiro atoms. The number of morpholine rings is 1. The third kappa shape index (κ3) is 1.92. The molecule has 2 heterocycles. The summed E-state index contributed by atoms with van der Waals surface area (Å²) in [5, 5.41) is 5.94. The van der Waals surface area contributed by atoms with Gasteiger partial charge in [0.1, 0.15) is 1.41 Å². The molecule has 2 atom stereocenters. The Labute approximate surface area is 91.1 Å². The Hall–Kier alpha value is -0.870. The molecule has 4 nitrogen and oxygen atoms in total. The molecule has 1 saturated heterocycles. The number of nitrogens with zero attached hydrogens (tertiary/aromatic N) is 2. The number of hydrogen-bond donors (Lipinski definition) is 1. The van der Waals surface area contributed by atoms with E-state index in [0.717, 1.165) is 5.56 Å². The van der Waals surface area contributed by atoms with Gasteiger partial charge in [-0.15, -0.1) is 0 Å². The highest BCUT2D eigenvalue weighted by atomic mass is 16.5. The molecule has 1 aliphatic heterocycles. The number of aromatic nitrogens is 2. The average molecular weight is 208 g/mol. The first-order valence-corrected chi connectivity index (χ1v) is 5.65. The number of ether oxygens (including phenoxy) is 1. The largest absolute Gasteiger partial charge is 0.368 e. The Bertz CT molecular complexity index is 367. The van der Waals surface area contributed by atoms with E-state index in [4.69, 9.17) is 6.15 Å². The zero-order valence-electron chi connectivity index (χ0n) is 9.97. The molecule has 3 rings (SSSR count). The summed E-state index contributed by atoms with van der Waals surface area (Å²) in [6.07, 6.45) is 6.58. The zero-order valence-corrected chi connectivity index (χ0v) is 8.97. The maximum absolute atomic E-state index is 7.71. The lowest BCUT2D eigenvalue weighted by Gasteiger charge is -2.27. The van der Waals surface area contributed by atoms with Crippen molar-refractivity contribution in [2.75, 3.05) is 13.1 Å². The number of hydrogen-bond acceptors (Lipinski definition) is 3. The first-order valence-electron chi connectivity index (χ1n) is 6.10. The zero-order chi connectivity index (χ0) is 11.1. The first-order chi connectivity index (χ1) is 7.72. The lowest BCUT2D eigenvalue weighted by molar-refractivity contribution is -0.0287. The average Bonchev–Trinajstić information content (AvgIpc) is 2.95. The van der Waals surface area contributed by atoms with Crippen LogP contribution in [-0.2, 0) is 4.74 Å². The summed E-state index contributed by atoms with van der Waals surface area (Å²) in [4.78, 5) is 0. The summed E-state index contributed by atoms with van der Waals surface area (Å²) in [6.45, 7) is 3.34. The molecule has 1 N–H and O–H groups in total. The van der Waals surface area contributed by atoms with Crippen molar-refractivity contribution in [1.29, 1.82) is 0 Å². The highest BCUT2D eigenvalue weighted by molar-refractivity contribution is 5.11. The van der Waals surface area contributed by atoms with Crippen molar-refractivity contribution in [1.82, 2.24) is 15.1 Å². The molecule has 2 fully saturated rings. The van der Waals surface area contributed by atoms with Gasteiger partial charge in [0.2, 0.25) is 0 Å². The van der Waals surface area contributed by atoms with E-state index in [-0.39, 0.29) is 12.2 Å². The molecule has 15 heavy (non-hydrogen) atoms. The standard InChI is InChI=1S/C11H17N3O/c1-8-4-12-6-11(15-8)9-5-13-14(7-9)10-2-3-10/h5,7-8,10-12H,2-4,6H2,1H3/t8-,11-/m1/s1/i/hD. The molecule has 82 valence electrons. The second-order valence-corrected chi connectivity index (χ2v) is 4.51. The molecule has 4 heteroatoms. The molecule has 1 aromatic heterocycles. The van der Waals surface area contributed by atoms with Crippen molar-refractivity contribution in [2.24, 2.45) is 0 Å². The molecule has 1 aromatic rings. The third-order valence-corrected chi connectivity index (χ3v) is 2.99. The normalized spacial score (nSPS) is 34.1. The van der Waals surface area contributed by atoms with E-state index in [1.54, 1.807) is 5.31 Å². The van der Waals surface area contributed by atoms with Gasteiger partial charge in [0.15, 0.2) is 0 Å². The molecule has 0 amide bonds. The molecule has 0 aromatic carbocycles. The van der Waals surface area contributed by atoms with E-state index in [1.165, 1.54) is 12.8 Å². The van der Waals surface area contributed by atoms with Crippen LogP contribution in [0.4, 0.5) is 0 Å². The number of rotatable bonds is 2. The van der Waals surface area contributed by atoms with Crippen LogP contribution in [0, 0.1) is 0 Å². The molecule has 1 saturated carbocycles. The van der Waals surface area contributed by atoms with Crippen molar-refractivity contribution in [3.63, 3.8) is 0 Å². The Morgan fingerprint density at radius 1 is 1.60 bits per heavy atom. The summed E-state index contributed by atoms with van der Waals surface area (Å²) < 4.78 is 15.6. The lowest BCUT2D eigenvalue weighted by Crippen LogP contribution is -2.38. The topological polar surface area (TPSA) is 39.1 Å². The van der Waals surface area contributed by atoms with Crippen molar-refractivity contribution >= 4 is 0 Å². The summed E-state index contributed by atoms with van der Waals surface area (Å²) in [5.74, 6) is 0. The van der Waals surface area contributed by atoms with Crippen molar-refractivity contribution in [2.45, 2.75) is 38.0 Å². The van der Waals surface area contributed by atoms with Crippen LogP contribution in [0.3, 0.4) is 0 Å². The monoisotopic (exact) mass is 208 g/mol. The van der Waals surface area contributed by atoms with Crippen molar-refractivity contribution in [3.8, 4) is 0 Å². The van der Waals surface area contributed by atoms with Gasteiger partial charge in [-0.3, -0.25) is 4.68 Å². The Balaban J connectivity index is 1.74. The Morgan fingerprint density at radius 2 is 2.47 bits per heavy atom. The maximum Gasteiger partial charge on any atom is 0.122 e. The van der Waals surface area contributed by atoms with E-state index in [2.05, 4.69) is 11.3 Å². The van der Waals surface area contributed by atoms with E-state index in [1.807, 2.05) is 17.8 Å². The van der Waals surface area contributed by atoms with Crippen LogP contribution in [0.15, 0.2) is 12.4 Å². The van der Waals surface area contributed by atoms with E-state index >= 15 is 0 Å². The summed E-state index contributed by atoms with van der Waals surface area (Å²) >= 11 is 0. The van der Waals surface area contributed by atoms with Crippen LogP contribution >= 0.6 is 0 Å². The summed E-state index contributed by atoms with van der Waals surface area (Å²) in [7, 11) is 0. The van der Waals surface area contributed by atoms with Gasteiger partial charge < -0.3 is 10.0 Å². The van der Waals surface area contributed by atoms with Gasteiger partial charge in [-0.1, -0.05) is 0 Å². The van der Waals surface area contributed by atoms with E-state index in [9.17, 15) is 0 Å². The summed E-state index contributed by atoms with van der Waals surface area (Å²) in [6, 6.07) is 0.613. The maximum atomic E-state index is 7.71. The predicted octanol–water partition coefficient (Wildman–Crippen LogP) is 1.27. The molecule has 1 aliphatic carbocycles. The second-order valence-electron chi connectivity index (χ2n) is 4.51. The fourth-order valence-electron chi connectivity index (χ4n) is 1.98. The molecular weight excluding hydrogens is 190 g/mol. The van der Waals surface area contributed by atoms with E-state index in [0.29, 0.717) is 19.1 Å². The molecule has 0 radical (unpaired) electrons. The molecular formula is C11H17N3O. The van der Waals surface area contributed by atoms with Crippen molar-refractivity contribution in [3.05, 3.63) is 18.0 Å². The van der Waals surface area contributed by atoms with Gasteiger partial charge >= 0.3 is 0 Å². The quantitative estimate of drug-likeness (QED) is 0.795. The highest BCUT2D eigenvalue weighted by Gasteiger charge is 2.27. The van der Waals surface area contributed by atoms with Crippen LogP contribution in [0.1, 0.15) is 37.5 Å². The third-order valence-electron chi connectivity index (χ3n) is 2.99. The van der Waals surface area contributed by atoms with Gasteiger partial charge in [-0.05, 0) is 19.8 Å². The minimum absolute atomic E-state index is 0.00810. The van der Waals surface area contributed by atoms with E-state index < -0.39 is 0 Å². The second kappa shape index (κ2) is 3.61. The van der Waals surface area contributed by atoms with Crippen LogP contribution in [0.5, 0.6) is 0 Å². The first kappa shape index (κ1) is 8.30. The summed E-state index contributed by atoms with van der Waals surface area (Å²) in [5.41, 5.74) is 1.11. The fraction of sp³-hybridized carbons (Fsp3) is 0.727. The molecule has 0 unspecified atom stereocenters. The molecule has 0 bridgehead atoms. The Morgan fingerprint density at radius 3 is 3.20 bits per heavy atom. The Kier molecular flexibility index (Phi) is 2.00. The lowest BCUT2D eigenvalue weighted by atomic mass is 10.1. The van der Waals surface area contributed by atoms with Crippen LogP contribution in [-0.4, -0.2) is 29.0 Å². The molecule has 2 aliphatic rings. The van der Waals surface area contributed by atoms with Crippen LogP contribution in [0.2, 0.25) is 1.41 Å². The minimum atomic E-state index is 0.00810. The van der Waals surface area contributed by atoms with Crippen LogP contribution in [0.25, 0.3) is 0 Å². The smallest absolute Gasteiger partial charge is 0.122 e. The number of nitrogens with one attached hydrogen (secondary N) is 1. The SMILES string of the molecule is [2H]N1C[C@@H](C)O[C@@H](c2cnn(C3CC3)c2)C1. The van der Waals surface area contributed by atoms with Gasteiger partial charge in [-0.2, -0.15) is 5.10 Å². The van der Waals surface area contributed by atoms with Gasteiger partial charge in [0, 0.05) is 24.8 Å². The van der Waals surface area contributed by atoms with Crippen LogP contribution < -0.4 is 5.31 Å². The minimum Gasteiger partial charge on any atom is -0.368 e. The highest BCUT2D eigenvalue weighted by Crippen LogP contribution is 2.35. The predicted molar refractivity (Wildman–Crippen MR) is 56.7 cm³/mol. The van der Waals surface area contributed by atoms with Gasteiger partial charge in [0.05, 0.1) is 24.4 Å².